The first-order valence-corrected chi connectivity index (χ1v) is 11.8. The third-order valence-electron chi connectivity index (χ3n) is 5.60. The summed E-state index contributed by atoms with van der Waals surface area (Å²) in [7, 11) is 1.68. The number of hydrogen-bond acceptors (Lipinski definition) is 7. The maximum Gasteiger partial charge on any atom is 0.228 e. The third-order valence-corrected chi connectivity index (χ3v) is 6.56. The molecule has 0 bridgehead atoms. The molecular weight excluding hydrogens is 424 g/mol. The molecular formula is C23H26N6O2S. The number of aromatic nitrogens is 5. The molecule has 1 saturated heterocycles. The molecule has 0 atom stereocenters. The van der Waals surface area contributed by atoms with Crippen molar-refractivity contribution in [1.29, 1.82) is 0 Å². The summed E-state index contributed by atoms with van der Waals surface area (Å²) in [4.78, 5) is 7.17. The topological polar surface area (TPSA) is 70.2 Å². The number of anilines is 1. The van der Waals surface area contributed by atoms with Crippen molar-refractivity contribution in [3.8, 4) is 11.4 Å². The van der Waals surface area contributed by atoms with Crippen LogP contribution in [0.25, 0.3) is 16.7 Å². The average Bonchev–Trinajstić information content (AvgIpc) is 3.44. The van der Waals surface area contributed by atoms with Crippen molar-refractivity contribution in [2.75, 3.05) is 38.3 Å². The second kappa shape index (κ2) is 9.22. The highest BCUT2D eigenvalue weighted by molar-refractivity contribution is 7.98. The van der Waals surface area contributed by atoms with Crippen LogP contribution < -0.4 is 9.64 Å². The maximum atomic E-state index is 5.48. The van der Waals surface area contributed by atoms with Crippen LogP contribution >= 0.6 is 11.8 Å². The molecule has 32 heavy (non-hydrogen) atoms. The number of fused-ring (bicyclic) bond motifs is 1. The number of morpholine rings is 1. The lowest BCUT2D eigenvalue weighted by Crippen LogP contribution is -2.38. The number of imidazole rings is 1. The lowest BCUT2D eigenvalue weighted by molar-refractivity contribution is 0.121. The Morgan fingerprint density at radius 2 is 1.81 bits per heavy atom. The van der Waals surface area contributed by atoms with Crippen molar-refractivity contribution in [3.05, 3.63) is 54.4 Å². The molecule has 5 rings (SSSR count). The molecule has 0 N–H and O–H groups in total. The summed E-state index contributed by atoms with van der Waals surface area (Å²) >= 11 is 1.66. The van der Waals surface area contributed by atoms with E-state index in [4.69, 9.17) is 14.5 Å². The van der Waals surface area contributed by atoms with Crippen molar-refractivity contribution in [2.45, 2.75) is 24.4 Å². The Hall–Kier alpha value is -3.04. The molecule has 0 aliphatic carbocycles. The van der Waals surface area contributed by atoms with Gasteiger partial charge < -0.3 is 14.4 Å². The highest BCUT2D eigenvalue weighted by Gasteiger charge is 2.21. The normalized spacial score (nSPS) is 14.2. The van der Waals surface area contributed by atoms with Crippen LogP contribution in [0.4, 0.5) is 5.95 Å². The molecule has 2 aromatic heterocycles. The molecule has 0 amide bonds. The predicted molar refractivity (Wildman–Crippen MR) is 126 cm³/mol. The van der Waals surface area contributed by atoms with Gasteiger partial charge >= 0.3 is 0 Å². The fraction of sp³-hybridized carbons (Fsp3) is 0.348. The lowest BCUT2D eigenvalue weighted by Gasteiger charge is -2.27. The van der Waals surface area contributed by atoms with Gasteiger partial charge in [0.05, 0.1) is 37.1 Å². The highest BCUT2D eigenvalue weighted by atomic mass is 32.2. The Kier molecular flexibility index (Phi) is 6.00. The van der Waals surface area contributed by atoms with Crippen LogP contribution in [0.15, 0.2) is 53.7 Å². The SMILES string of the molecule is CCn1c(SCc2nc3ccccc3n2-c2ccc(OC)cc2)nnc1N1CCOCC1. The number of benzene rings is 2. The second-order valence-electron chi connectivity index (χ2n) is 7.47. The Bertz CT molecular complexity index is 1200. The molecule has 1 aliphatic rings. The first-order valence-electron chi connectivity index (χ1n) is 10.8. The van der Waals surface area contributed by atoms with Gasteiger partial charge in [-0.05, 0) is 43.3 Å². The molecule has 1 fully saturated rings. The monoisotopic (exact) mass is 450 g/mol. The summed E-state index contributed by atoms with van der Waals surface area (Å²) in [5.74, 6) is 3.41. The minimum atomic E-state index is 0.682. The molecule has 0 spiro atoms. The van der Waals surface area contributed by atoms with Gasteiger partial charge in [-0.3, -0.25) is 9.13 Å². The zero-order valence-electron chi connectivity index (χ0n) is 18.3. The van der Waals surface area contributed by atoms with Gasteiger partial charge in [0.15, 0.2) is 5.16 Å². The first-order chi connectivity index (χ1) is 15.8. The molecule has 8 nitrogen and oxygen atoms in total. The number of ether oxygens (including phenoxy) is 2. The zero-order chi connectivity index (χ0) is 21.9. The molecule has 1 aliphatic heterocycles. The number of para-hydroxylation sites is 2. The van der Waals surface area contributed by atoms with E-state index in [0.29, 0.717) is 5.75 Å². The third kappa shape index (κ3) is 3.93. The molecule has 9 heteroatoms. The standard InChI is InChI=1S/C23H26N6O2S/c1-3-28-22(27-12-14-31-15-13-27)25-26-23(28)32-16-21-24-19-6-4-5-7-20(19)29(21)17-8-10-18(30-2)11-9-17/h4-11H,3,12-16H2,1-2H3. The summed E-state index contributed by atoms with van der Waals surface area (Å²) < 4.78 is 15.2. The van der Waals surface area contributed by atoms with Gasteiger partial charge in [0.25, 0.3) is 0 Å². The van der Waals surface area contributed by atoms with E-state index in [1.54, 1.807) is 18.9 Å². The minimum absolute atomic E-state index is 0.682. The van der Waals surface area contributed by atoms with Crippen molar-refractivity contribution in [2.24, 2.45) is 0 Å². The largest absolute Gasteiger partial charge is 0.497 e. The van der Waals surface area contributed by atoms with Crippen molar-refractivity contribution < 1.29 is 9.47 Å². The van der Waals surface area contributed by atoms with Gasteiger partial charge in [-0.25, -0.2) is 4.98 Å². The fourth-order valence-corrected chi connectivity index (χ4v) is 4.90. The van der Waals surface area contributed by atoms with E-state index < -0.39 is 0 Å². The maximum absolute atomic E-state index is 5.48. The van der Waals surface area contributed by atoms with E-state index in [1.165, 1.54) is 0 Å². The summed E-state index contributed by atoms with van der Waals surface area (Å²) in [6.07, 6.45) is 0. The molecule has 3 heterocycles. The van der Waals surface area contributed by atoms with Crippen LogP contribution in [-0.4, -0.2) is 57.7 Å². The number of nitrogens with zero attached hydrogens (tertiary/aromatic N) is 6. The quantitative estimate of drug-likeness (QED) is 0.397. The number of rotatable bonds is 7. The van der Waals surface area contributed by atoms with Gasteiger partial charge in [0, 0.05) is 25.3 Å². The molecule has 2 aromatic carbocycles. The van der Waals surface area contributed by atoms with Crippen LogP contribution in [-0.2, 0) is 17.0 Å². The molecule has 0 saturated carbocycles. The minimum Gasteiger partial charge on any atom is -0.497 e. The smallest absolute Gasteiger partial charge is 0.228 e. The molecule has 0 unspecified atom stereocenters. The Balaban J connectivity index is 1.45. The Morgan fingerprint density at radius 1 is 1.03 bits per heavy atom. The van der Waals surface area contributed by atoms with E-state index in [1.807, 2.05) is 24.3 Å². The Labute approximate surface area is 191 Å². The fourth-order valence-electron chi connectivity index (χ4n) is 3.98. The van der Waals surface area contributed by atoms with Crippen molar-refractivity contribution in [3.63, 3.8) is 0 Å². The van der Waals surface area contributed by atoms with E-state index in [2.05, 4.69) is 55.4 Å². The summed E-state index contributed by atoms with van der Waals surface area (Å²) in [5, 5.41) is 9.89. The van der Waals surface area contributed by atoms with Crippen molar-refractivity contribution >= 4 is 28.7 Å². The molecule has 4 aromatic rings. The van der Waals surface area contributed by atoms with Gasteiger partial charge in [0.2, 0.25) is 5.95 Å². The highest BCUT2D eigenvalue weighted by Crippen LogP contribution is 2.29. The zero-order valence-corrected chi connectivity index (χ0v) is 19.1. The van der Waals surface area contributed by atoms with Crippen LogP contribution in [0.5, 0.6) is 5.75 Å². The van der Waals surface area contributed by atoms with Gasteiger partial charge in [-0.1, -0.05) is 23.9 Å². The van der Waals surface area contributed by atoms with Crippen LogP contribution in [0.1, 0.15) is 12.7 Å². The Morgan fingerprint density at radius 3 is 2.56 bits per heavy atom. The molecule has 166 valence electrons. The van der Waals surface area contributed by atoms with Gasteiger partial charge in [-0.15, -0.1) is 10.2 Å². The number of hydrogen-bond donors (Lipinski definition) is 0. The first kappa shape index (κ1) is 20.8. The van der Waals surface area contributed by atoms with E-state index in [9.17, 15) is 0 Å². The predicted octanol–water partition coefficient (Wildman–Crippen LogP) is 3.77. The van der Waals surface area contributed by atoms with E-state index in [-0.39, 0.29) is 0 Å². The van der Waals surface area contributed by atoms with Gasteiger partial charge in [0.1, 0.15) is 11.6 Å². The van der Waals surface area contributed by atoms with Crippen molar-refractivity contribution in [1.82, 2.24) is 24.3 Å². The average molecular weight is 451 g/mol. The van der Waals surface area contributed by atoms with E-state index in [0.717, 1.165) is 72.2 Å². The number of thioether (sulfide) groups is 1. The van der Waals surface area contributed by atoms with Crippen LogP contribution in [0.2, 0.25) is 0 Å². The summed E-state index contributed by atoms with van der Waals surface area (Å²) in [5.41, 5.74) is 3.12. The number of methoxy groups -OCH3 is 1. The van der Waals surface area contributed by atoms with Crippen LogP contribution in [0.3, 0.4) is 0 Å². The molecule has 0 radical (unpaired) electrons. The summed E-state index contributed by atoms with van der Waals surface area (Å²) in [6.45, 7) is 6.09. The second-order valence-corrected chi connectivity index (χ2v) is 8.41. The van der Waals surface area contributed by atoms with Crippen LogP contribution in [0, 0.1) is 0 Å². The lowest BCUT2D eigenvalue weighted by atomic mass is 10.2. The van der Waals surface area contributed by atoms with Gasteiger partial charge in [-0.2, -0.15) is 0 Å². The van der Waals surface area contributed by atoms with E-state index >= 15 is 0 Å². The summed E-state index contributed by atoms with van der Waals surface area (Å²) in [6, 6.07) is 16.3.